The Morgan fingerprint density at radius 2 is 2.10 bits per heavy atom. The molecule has 0 saturated heterocycles. The summed E-state index contributed by atoms with van der Waals surface area (Å²) in [7, 11) is -4.13. The molecule has 1 aliphatic carbocycles. The van der Waals surface area contributed by atoms with E-state index >= 15 is 0 Å². The van der Waals surface area contributed by atoms with Crippen LogP contribution < -0.4 is 9.46 Å². The van der Waals surface area contributed by atoms with E-state index in [1.54, 1.807) is 12.3 Å². The quantitative estimate of drug-likeness (QED) is 0.552. The highest BCUT2D eigenvalue weighted by Crippen LogP contribution is 2.33. The van der Waals surface area contributed by atoms with Crippen molar-refractivity contribution in [1.82, 2.24) is 9.71 Å². The first-order chi connectivity index (χ1) is 14.4. The minimum Gasteiger partial charge on any atom is -0.492 e. The van der Waals surface area contributed by atoms with E-state index in [1.807, 2.05) is 6.07 Å². The Labute approximate surface area is 175 Å². The monoisotopic (exact) mass is 432 g/mol. The van der Waals surface area contributed by atoms with Crippen LogP contribution >= 0.6 is 0 Å². The Kier molecular flexibility index (Phi) is 7.17. The number of rotatable bonds is 10. The van der Waals surface area contributed by atoms with E-state index in [2.05, 4.69) is 15.8 Å². The van der Waals surface area contributed by atoms with Crippen LogP contribution in [0.2, 0.25) is 0 Å². The number of para-hydroxylation sites is 1. The molecule has 0 bridgehead atoms. The fourth-order valence-corrected chi connectivity index (χ4v) is 4.99. The number of carbonyl (C=O) groups excluding carboxylic acids is 1. The number of aliphatic carboxylic acids is 1. The number of fused-ring (bicyclic) bond motifs is 1. The Bertz CT molecular complexity index is 1010. The maximum absolute atomic E-state index is 12.7. The molecular formula is C21H24N2O6S. The maximum atomic E-state index is 12.7. The van der Waals surface area contributed by atoms with Gasteiger partial charge in [-0.1, -0.05) is 18.2 Å². The van der Waals surface area contributed by atoms with Gasteiger partial charge in [0.05, 0.1) is 19.1 Å². The van der Waals surface area contributed by atoms with Crippen LogP contribution in [0.1, 0.15) is 42.9 Å². The van der Waals surface area contributed by atoms with E-state index in [1.165, 1.54) is 23.8 Å². The van der Waals surface area contributed by atoms with Crippen LogP contribution in [-0.4, -0.2) is 43.4 Å². The zero-order valence-electron chi connectivity index (χ0n) is 16.4. The van der Waals surface area contributed by atoms with Crippen molar-refractivity contribution >= 4 is 22.3 Å². The molecule has 160 valence electrons. The third kappa shape index (κ3) is 5.43. The summed E-state index contributed by atoms with van der Waals surface area (Å²) in [5.41, 5.74) is 2.33. The molecule has 0 saturated carbocycles. The van der Waals surface area contributed by atoms with Gasteiger partial charge in [0.25, 0.3) is 0 Å². The highest BCUT2D eigenvalue weighted by molar-refractivity contribution is 7.89. The van der Waals surface area contributed by atoms with Gasteiger partial charge in [-0.05, 0) is 55.4 Å². The molecule has 1 heterocycles. The minimum absolute atomic E-state index is 0.132. The van der Waals surface area contributed by atoms with E-state index in [4.69, 9.17) is 9.84 Å². The highest BCUT2D eigenvalue weighted by Gasteiger charge is 2.25. The van der Waals surface area contributed by atoms with Crippen molar-refractivity contribution in [2.45, 2.75) is 49.0 Å². The molecule has 2 atom stereocenters. The molecule has 30 heavy (non-hydrogen) atoms. The van der Waals surface area contributed by atoms with E-state index in [9.17, 15) is 18.0 Å². The summed E-state index contributed by atoms with van der Waals surface area (Å²) in [5, 5.41) is 8.82. The second-order valence-electron chi connectivity index (χ2n) is 7.17. The third-order valence-corrected chi connectivity index (χ3v) is 6.59. The van der Waals surface area contributed by atoms with Crippen molar-refractivity contribution in [2.75, 3.05) is 6.61 Å². The molecule has 2 N–H and O–H groups in total. The van der Waals surface area contributed by atoms with E-state index < -0.39 is 28.5 Å². The van der Waals surface area contributed by atoms with E-state index in [0.717, 1.165) is 31.4 Å². The number of carbonyl (C=O) groups is 2. The van der Waals surface area contributed by atoms with Gasteiger partial charge in [-0.25, -0.2) is 13.1 Å². The lowest BCUT2D eigenvalue weighted by Crippen LogP contribution is -2.37. The molecule has 2 unspecified atom stereocenters. The lowest BCUT2D eigenvalue weighted by molar-refractivity contribution is -0.138. The van der Waals surface area contributed by atoms with Crippen molar-refractivity contribution in [2.24, 2.45) is 0 Å². The first kappa shape index (κ1) is 21.9. The summed E-state index contributed by atoms with van der Waals surface area (Å²) in [6.45, 7) is 0.317. The van der Waals surface area contributed by atoms with E-state index in [0.29, 0.717) is 12.5 Å². The maximum Gasteiger partial charge on any atom is 0.305 e. The number of pyridine rings is 1. The lowest BCUT2D eigenvalue weighted by Gasteiger charge is -2.24. The van der Waals surface area contributed by atoms with Crippen LogP contribution in [0.15, 0.2) is 47.5 Å². The molecule has 9 heteroatoms. The minimum atomic E-state index is -4.13. The molecule has 0 fully saturated rings. The van der Waals surface area contributed by atoms with Crippen LogP contribution in [-0.2, 0) is 26.0 Å². The predicted octanol–water partition coefficient (Wildman–Crippen LogP) is 2.29. The fraction of sp³-hybridized carbons (Fsp3) is 0.381. The first-order valence-electron chi connectivity index (χ1n) is 9.75. The fourth-order valence-electron chi connectivity index (χ4n) is 3.67. The molecular weight excluding hydrogens is 408 g/mol. The highest BCUT2D eigenvalue weighted by atomic mass is 32.2. The number of carboxylic acid groups (broad SMARTS) is 1. The number of hydrogen-bond donors (Lipinski definition) is 2. The third-order valence-electron chi connectivity index (χ3n) is 5.06. The number of benzene rings is 1. The summed E-state index contributed by atoms with van der Waals surface area (Å²) < 4.78 is 33.3. The van der Waals surface area contributed by atoms with Gasteiger partial charge >= 0.3 is 5.97 Å². The van der Waals surface area contributed by atoms with Crippen LogP contribution in [0, 0.1) is 0 Å². The lowest BCUT2D eigenvalue weighted by atomic mass is 9.84. The average Bonchev–Trinajstić information content (AvgIpc) is 2.73. The summed E-state index contributed by atoms with van der Waals surface area (Å²) in [6.07, 6.45) is 5.19. The van der Waals surface area contributed by atoms with Gasteiger partial charge in [0, 0.05) is 11.9 Å². The van der Waals surface area contributed by atoms with Gasteiger partial charge in [0.15, 0.2) is 0 Å². The van der Waals surface area contributed by atoms with Crippen LogP contribution in [0.25, 0.3) is 0 Å². The molecule has 0 spiro atoms. The number of aldehydes is 1. The van der Waals surface area contributed by atoms with Crippen molar-refractivity contribution < 1.29 is 27.9 Å². The molecule has 0 aliphatic heterocycles. The van der Waals surface area contributed by atoms with Gasteiger partial charge < -0.3 is 14.6 Å². The number of ether oxygens (including phenoxy) is 1. The number of nitrogens with zero attached hydrogens (tertiary/aromatic N) is 1. The Morgan fingerprint density at radius 3 is 2.87 bits per heavy atom. The molecule has 2 aromatic rings. The summed E-state index contributed by atoms with van der Waals surface area (Å²) >= 11 is 0. The van der Waals surface area contributed by atoms with Gasteiger partial charge in [-0.2, -0.15) is 0 Å². The van der Waals surface area contributed by atoms with Gasteiger partial charge in [0.2, 0.25) is 10.0 Å². The van der Waals surface area contributed by atoms with Crippen molar-refractivity contribution in [1.29, 1.82) is 0 Å². The van der Waals surface area contributed by atoms with Gasteiger partial charge in [-0.3, -0.25) is 9.78 Å². The zero-order chi connectivity index (χ0) is 21.6. The smallest absolute Gasteiger partial charge is 0.305 e. The number of sulfonamides is 1. The van der Waals surface area contributed by atoms with Crippen molar-refractivity contribution in [3.63, 3.8) is 0 Å². The summed E-state index contributed by atoms with van der Waals surface area (Å²) in [6, 6.07) is 8.74. The first-order valence-corrected chi connectivity index (χ1v) is 11.2. The molecule has 8 nitrogen and oxygen atoms in total. The summed E-state index contributed by atoms with van der Waals surface area (Å²) in [5.74, 6) is -0.812. The Balaban J connectivity index is 1.69. The zero-order valence-corrected chi connectivity index (χ0v) is 17.2. The second-order valence-corrected chi connectivity index (χ2v) is 8.86. The molecule has 1 aromatic heterocycles. The number of nitrogens with one attached hydrogen (secondary N) is 1. The normalized spacial score (nSPS) is 17.0. The average molecular weight is 432 g/mol. The predicted molar refractivity (Wildman–Crippen MR) is 109 cm³/mol. The van der Waals surface area contributed by atoms with Crippen molar-refractivity contribution in [3.05, 3.63) is 53.9 Å². The molecule has 1 aromatic carbocycles. The van der Waals surface area contributed by atoms with Crippen LogP contribution in [0.3, 0.4) is 0 Å². The molecule has 1 aliphatic rings. The topological polar surface area (TPSA) is 123 Å². The van der Waals surface area contributed by atoms with E-state index in [-0.39, 0.29) is 16.9 Å². The van der Waals surface area contributed by atoms with Gasteiger partial charge in [0.1, 0.15) is 16.9 Å². The molecule has 0 amide bonds. The van der Waals surface area contributed by atoms with Crippen LogP contribution in [0.5, 0.6) is 5.75 Å². The molecule has 3 rings (SSSR count). The van der Waals surface area contributed by atoms with Gasteiger partial charge in [-0.15, -0.1) is 0 Å². The largest absolute Gasteiger partial charge is 0.492 e. The number of aryl methyl sites for hydroxylation is 1. The summed E-state index contributed by atoms with van der Waals surface area (Å²) in [4.78, 5) is 26.2. The number of carboxylic acids is 1. The second kappa shape index (κ2) is 9.82. The Morgan fingerprint density at radius 1 is 1.30 bits per heavy atom. The Hall–Kier alpha value is -2.78. The van der Waals surface area contributed by atoms with Crippen LogP contribution in [0.4, 0.5) is 0 Å². The standard InChI is InChI=1S/C21H24N2O6S/c24-14-16(13-21(25)26)23-30(27,28)20-9-2-1-8-19(20)29-12-10-15-5-3-7-18-17(15)6-4-11-22-18/h1-2,4,6,8-9,11,14-16,23H,3,5,7,10,12-13H2,(H,25,26). The van der Waals surface area contributed by atoms with Crippen molar-refractivity contribution in [3.8, 4) is 5.75 Å². The number of hydrogen-bond acceptors (Lipinski definition) is 6. The SMILES string of the molecule is O=CC(CC(=O)O)NS(=O)(=O)c1ccccc1OCCC1CCCc2ncccc21. The molecule has 0 radical (unpaired) electrons. The number of aromatic nitrogens is 1.